The first-order valence-corrected chi connectivity index (χ1v) is 5.64. The zero-order chi connectivity index (χ0) is 10.8. The first-order chi connectivity index (χ1) is 7.93. The third-order valence-corrected chi connectivity index (χ3v) is 3.06. The van der Waals surface area contributed by atoms with Gasteiger partial charge in [0.25, 0.3) is 0 Å². The molecule has 2 nitrogen and oxygen atoms in total. The second-order valence-electron chi connectivity index (χ2n) is 4.14. The molecule has 0 saturated carbocycles. The van der Waals surface area contributed by atoms with Crippen molar-refractivity contribution in [1.82, 2.24) is 5.32 Å². The molecule has 0 spiro atoms. The Morgan fingerprint density at radius 1 is 0.688 bits per heavy atom. The average molecular weight is 211 g/mol. The molecule has 2 heteroatoms. The maximum atomic E-state index is 3.56. The Labute approximate surface area is 95.3 Å². The van der Waals surface area contributed by atoms with E-state index in [2.05, 4.69) is 71.3 Å². The van der Waals surface area contributed by atoms with Crippen molar-refractivity contribution in [2.75, 3.05) is 0 Å². The van der Waals surface area contributed by atoms with Crippen molar-refractivity contribution in [3.8, 4) is 0 Å². The molecular formula is C14H15N2+. The van der Waals surface area contributed by atoms with Crippen molar-refractivity contribution >= 4 is 0 Å². The van der Waals surface area contributed by atoms with Crippen LogP contribution in [-0.2, 0) is 0 Å². The van der Waals surface area contributed by atoms with Crippen molar-refractivity contribution in [3.63, 3.8) is 0 Å². The summed E-state index contributed by atoms with van der Waals surface area (Å²) in [6.45, 7) is 0. The molecular weight excluding hydrogens is 196 g/mol. The number of hydrogen-bond donors (Lipinski definition) is 2. The molecule has 1 fully saturated rings. The number of nitrogens with one attached hydrogen (secondary N) is 1. The molecule has 2 atom stereocenters. The molecule has 80 valence electrons. The second kappa shape index (κ2) is 4.08. The number of quaternary nitrogens is 1. The fraction of sp³-hybridized carbons (Fsp3) is 0.143. The molecule has 1 saturated heterocycles. The van der Waals surface area contributed by atoms with Gasteiger partial charge in [0.05, 0.1) is 0 Å². The largest absolute Gasteiger partial charge is 0.308 e. The summed E-state index contributed by atoms with van der Waals surface area (Å²) in [5, 5.41) is 5.91. The van der Waals surface area contributed by atoms with Gasteiger partial charge in [-0.25, -0.2) is 5.32 Å². The molecule has 2 unspecified atom stereocenters. The van der Waals surface area contributed by atoms with Crippen LogP contribution >= 0.6 is 0 Å². The summed E-state index contributed by atoms with van der Waals surface area (Å²) in [5.74, 6) is 0. The molecule has 0 amide bonds. The van der Waals surface area contributed by atoms with Gasteiger partial charge >= 0.3 is 0 Å². The van der Waals surface area contributed by atoms with Crippen LogP contribution in [0.5, 0.6) is 0 Å². The number of benzene rings is 2. The van der Waals surface area contributed by atoms with Crippen molar-refractivity contribution in [2.45, 2.75) is 12.3 Å². The summed E-state index contributed by atoms with van der Waals surface area (Å²) < 4.78 is 0. The fourth-order valence-corrected chi connectivity index (χ4v) is 2.11. The Balaban J connectivity index is 1.68. The van der Waals surface area contributed by atoms with E-state index in [0.29, 0.717) is 12.3 Å². The monoisotopic (exact) mass is 211 g/mol. The second-order valence-corrected chi connectivity index (χ2v) is 4.14. The first kappa shape index (κ1) is 9.58. The predicted octanol–water partition coefficient (Wildman–Crippen LogP) is 1.55. The lowest BCUT2D eigenvalue weighted by Crippen LogP contribution is -3.01. The summed E-state index contributed by atoms with van der Waals surface area (Å²) in [6, 6.07) is 21.1. The van der Waals surface area contributed by atoms with Crippen molar-refractivity contribution in [3.05, 3.63) is 71.8 Å². The highest BCUT2D eigenvalue weighted by atomic mass is 15.3. The van der Waals surface area contributed by atoms with Crippen molar-refractivity contribution < 1.29 is 5.32 Å². The van der Waals surface area contributed by atoms with Gasteiger partial charge in [-0.3, -0.25) is 0 Å². The van der Waals surface area contributed by atoms with Gasteiger partial charge in [0.2, 0.25) is 0 Å². The standard InChI is InChI=1S/C14H14N2/c1-3-7-11(8-4-1)13-15-14(16-13)12-9-5-2-6-10-12/h1-10,13-16H/p+1. The predicted molar refractivity (Wildman–Crippen MR) is 63.4 cm³/mol. The maximum Gasteiger partial charge on any atom is 0.172 e. The summed E-state index contributed by atoms with van der Waals surface area (Å²) >= 11 is 0. The van der Waals surface area contributed by atoms with Crippen LogP contribution in [0.3, 0.4) is 0 Å². The van der Waals surface area contributed by atoms with Crippen molar-refractivity contribution in [1.29, 1.82) is 0 Å². The van der Waals surface area contributed by atoms with Crippen molar-refractivity contribution in [2.24, 2.45) is 0 Å². The number of nitrogens with two attached hydrogens (primary N) is 1. The van der Waals surface area contributed by atoms with Gasteiger partial charge < -0.3 is 5.32 Å². The Morgan fingerprint density at radius 2 is 1.06 bits per heavy atom. The minimum absolute atomic E-state index is 0.409. The van der Waals surface area contributed by atoms with Crippen LogP contribution < -0.4 is 10.6 Å². The fourth-order valence-electron chi connectivity index (χ4n) is 2.11. The van der Waals surface area contributed by atoms with Gasteiger partial charge in [-0.1, -0.05) is 60.7 Å². The smallest absolute Gasteiger partial charge is 0.172 e. The molecule has 2 aromatic carbocycles. The topological polar surface area (TPSA) is 28.6 Å². The molecule has 1 heterocycles. The molecule has 2 aromatic rings. The van der Waals surface area contributed by atoms with E-state index in [1.807, 2.05) is 0 Å². The van der Waals surface area contributed by atoms with Crippen LogP contribution in [0.1, 0.15) is 23.5 Å². The van der Waals surface area contributed by atoms with Crippen LogP contribution in [0.25, 0.3) is 0 Å². The van der Waals surface area contributed by atoms with Gasteiger partial charge in [-0.2, -0.15) is 0 Å². The summed E-state index contributed by atoms with van der Waals surface area (Å²) in [4.78, 5) is 0. The van der Waals surface area contributed by atoms with E-state index in [1.165, 1.54) is 11.1 Å². The van der Waals surface area contributed by atoms with Gasteiger partial charge in [0.1, 0.15) is 0 Å². The third-order valence-electron chi connectivity index (χ3n) is 3.06. The quantitative estimate of drug-likeness (QED) is 0.775. The molecule has 0 bridgehead atoms. The van der Waals surface area contributed by atoms with E-state index in [1.54, 1.807) is 0 Å². The number of rotatable bonds is 2. The molecule has 0 radical (unpaired) electrons. The van der Waals surface area contributed by atoms with Crippen LogP contribution in [0, 0.1) is 0 Å². The number of hydrogen-bond acceptors (Lipinski definition) is 1. The Bertz CT molecular complexity index is 403. The molecule has 3 rings (SSSR count). The average Bonchev–Trinajstić information content (AvgIpc) is 2.30. The zero-order valence-electron chi connectivity index (χ0n) is 9.01. The molecule has 1 aliphatic rings. The van der Waals surface area contributed by atoms with E-state index >= 15 is 0 Å². The van der Waals surface area contributed by atoms with Crippen LogP contribution in [0.15, 0.2) is 60.7 Å². The Morgan fingerprint density at radius 3 is 1.44 bits per heavy atom. The molecule has 3 N–H and O–H groups in total. The third kappa shape index (κ3) is 1.73. The molecule has 0 aromatic heterocycles. The lowest BCUT2D eigenvalue weighted by Gasteiger charge is -2.34. The van der Waals surface area contributed by atoms with E-state index in [0.717, 1.165) is 0 Å². The van der Waals surface area contributed by atoms with E-state index < -0.39 is 0 Å². The van der Waals surface area contributed by atoms with Gasteiger partial charge in [-0.15, -0.1) is 0 Å². The van der Waals surface area contributed by atoms with Crippen LogP contribution in [0.2, 0.25) is 0 Å². The maximum absolute atomic E-state index is 3.56. The van der Waals surface area contributed by atoms with Gasteiger partial charge in [-0.05, 0) is 0 Å². The molecule has 1 aliphatic heterocycles. The lowest BCUT2D eigenvalue weighted by atomic mass is 10.0. The normalized spacial score (nSPS) is 23.8. The van der Waals surface area contributed by atoms with Gasteiger partial charge in [0, 0.05) is 11.1 Å². The minimum atomic E-state index is 0.409. The summed E-state index contributed by atoms with van der Waals surface area (Å²) in [6.07, 6.45) is 0.817. The first-order valence-electron chi connectivity index (χ1n) is 5.64. The minimum Gasteiger partial charge on any atom is -0.308 e. The highest BCUT2D eigenvalue weighted by Gasteiger charge is 2.33. The summed E-state index contributed by atoms with van der Waals surface area (Å²) in [7, 11) is 0. The van der Waals surface area contributed by atoms with Crippen LogP contribution in [-0.4, -0.2) is 0 Å². The summed E-state index contributed by atoms with van der Waals surface area (Å²) in [5.41, 5.74) is 2.68. The van der Waals surface area contributed by atoms with E-state index in [4.69, 9.17) is 0 Å². The van der Waals surface area contributed by atoms with Gasteiger partial charge in [0.15, 0.2) is 12.3 Å². The Hall–Kier alpha value is -1.64. The van der Waals surface area contributed by atoms with E-state index in [-0.39, 0.29) is 0 Å². The SMILES string of the molecule is c1ccc(C2NC(c3ccccc3)[NH2+]2)cc1. The highest BCUT2D eigenvalue weighted by Crippen LogP contribution is 2.18. The lowest BCUT2D eigenvalue weighted by molar-refractivity contribution is -0.809. The zero-order valence-corrected chi connectivity index (χ0v) is 9.01. The van der Waals surface area contributed by atoms with Crippen LogP contribution in [0.4, 0.5) is 0 Å². The highest BCUT2D eigenvalue weighted by molar-refractivity contribution is 5.21. The Kier molecular flexibility index (Phi) is 2.44. The molecule has 0 aliphatic carbocycles. The molecule has 16 heavy (non-hydrogen) atoms. The van der Waals surface area contributed by atoms with E-state index in [9.17, 15) is 0 Å².